The molecular weight excluding hydrogens is 157 g/mol. The number of hydrogen-bond acceptors (Lipinski definition) is 1. The second kappa shape index (κ2) is 2.94. The van der Waals surface area contributed by atoms with Crippen molar-refractivity contribution in [2.75, 3.05) is 0 Å². The molecule has 1 aromatic heterocycles. The minimum Gasteiger partial charge on any atom is -0.349 e. The Morgan fingerprint density at radius 2 is 2.18 bits per heavy atom. The predicted octanol–water partition coefficient (Wildman–Crippen LogP) is 1.90. The third kappa shape index (κ3) is 3.06. The van der Waals surface area contributed by atoms with E-state index >= 15 is 0 Å². The van der Waals surface area contributed by atoms with E-state index in [4.69, 9.17) is 0 Å². The summed E-state index contributed by atoms with van der Waals surface area (Å²) in [6.07, 6.45) is -2.04. The van der Waals surface area contributed by atoms with Crippen LogP contribution in [0.2, 0.25) is 0 Å². The van der Waals surface area contributed by atoms with Gasteiger partial charge in [-0.1, -0.05) is 0 Å². The van der Waals surface area contributed by atoms with Crippen LogP contribution in [0.15, 0.2) is 12.4 Å². The monoisotopic (exact) mass is 164 g/mol. The maximum absolute atomic E-state index is 11.6. The van der Waals surface area contributed by atoms with Gasteiger partial charge in [0.2, 0.25) is 0 Å². The smallest absolute Gasteiger partial charge is 0.349 e. The van der Waals surface area contributed by atoms with E-state index in [1.54, 1.807) is 0 Å². The summed E-state index contributed by atoms with van der Waals surface area (Å²) in [7, 11) is 0. The molecule has 11 heavy (non-hydrogen) atoms. The van der Waals surface area contributed by atoms with Crippen molar-refractivity contribution in [1.29, 1.82) is 0 Å². The summed E-state index contributed by atoms with van der Waals surface area (Å²) in [6.45, 7) is 0. The molecule has 0 aliphatic carbocycles. The van der Waals surface area contributed by atoms with Crippen LogP contribution >= 0.6 is 0 Å². The number of halogens is 3. The average molecular weight is 164 g/mol. The summed E-state index contributed by atoms with van der Waals surface area (Å²) in [5.41, 5.74) is 0. The van der Waals surface area contributed by atoms with Crippen molar-refractivity contribution in [3.05, 3.63) is 18.2 Å². The molecule has 5 heteroatoms. The van der Waals surface area contributed by atoms with Gasteiger partial charge in [-0.15, -0.1) is 0 Å². The topological polar surface area (TPSA) is 28.7 Å². The Morgan fingerprint density at radius 3 is 2.64 bits per heavy atom. The number of aryl methyl sites for hydroxylation is 1. The molecule has 0 saturated heterocycles. The van der Waals surface area contributed by atoms with Gasteiger partial charge in [0.15, 0.2) is 0 Å². The fourth-order valence-corrected chi connectivity index (χ4v) is 0.695. The zero-order valence-electron chi connectivity index (χ0n) is 5.65. The van der Waals surface area contributed by atoms with Crippen molar-refractivity contribution in [1.82, 2.24) is 9.97 Å². The van der Waals surface area contributed by atoms with Crippen LogP contribution in [0.25, 0.3) is 0 Å². The van der Waals surface area contributed by atoms with Crippen LogP contribution in [0.3, 0.4) is 0 Å². The molecule has 0 amide bonds. The van der Waals surface area contributed by atoms with Crippen LogP contribution in [0.1, 0.15) is 12.2 Å². The molecule has 0 radical (unpaired) electrons. The minimum atomic E-state index is -4.09. The number of aromatic amines is 1. The first kappa shape index (κ1) is 8.10. The van der Waals surface area contributed by atoms with E-state index in [1.807, 2.05) is 0 Å². The Bertz CT molecular complexity index is 202. The second-order valence-electron chi connectivity index (χ2n) is 2.15. The Balaban J connectivity index is 2.35. The molecule has 0 aliphatic rings. The van der Waals surface area contributed by atoms with Crippen molar-refractivity contribution < 1.29 is 13.2 Å². The molecular formula is C6H7F3N2. The van der Waals surface area contributed by atoms with Crippen molar-refractivity contribution in [2.45, 2.75) is 19.0 Å². The van der Waals surface area contributed by atoms with Crippen LogP contribution in [-0.2, 0) is 6.42 Å². The third-order valence-electron chi connectivity index (χ3n) is 1.20. The molecule has 0 aromatic carbocycles. The van der Waals surface area contributed by atoms with Gasteiger partial charge in [0.05, 0.1) is 6.42 Å². The summed E-state index contributed by atoms with van der Waals surface area (Å²) in [5.74, 6) is 0.377. The minimum absolute atomic E-state index is 0.0729. The molecule has 0 saturated carbocycles. The number of nitrogens with zero attached hydrogens (tertiary/aromatic N) is 1. The average Bonchev–Trinajstić information content (AvgIpc) is 2.32. The van der Waals surface area contributed by atoms with E-state index in [9.17, 15) is 13.2 Å². The number of imidazole rings is 1. The van der Waals surface area contributed by atoms with Gasteiger partial charge in [0.25, 0.3) is 0 Å². The maximum atomic E-state index is 11.6. The summed E-state index contributed by atoms with van der Waals surface area (Å²) >= 11 is 0. The molecule has 0 unspecified atom stereocenters. The number of aromatic nitrogens is 2. The van der Waals surface area contributed by atoms with Gasteiger partial charge in [-0.3, -0.25) is 0 Å². The van der Waals surface area contributed by atoms with E-state index in [-0.39, 0.29) is 6.42 Å². The standard InChI is InChI=1S/C6H7F3N2/c7-6(8,9)2-1-5-10-3-4-11-5/h3-4H,1-2H2,(H,10,11). The third-order valence-corrected chi connectivity index (χ3v) is 1.20. The fraction of sp³-hybridized carbons (Fsp3) is 0.500. The lowest BCUT2D eigenvalue weighted by Gasteiger charge is -2.02. The molecule has 1 heterocycles. The lowest BCUT2D eigenvalue weighted by molar-refractivity contribution is -0.134. The summed E-state index contributed by atoms with van der Waals surface area (Å²) in [6, 6.07) is 0. The summed E-state index contributed by atoms with van der Waals surface area (Å²) in [4.78, 5) is 6.26. The van der Waals surface area contributed by atoms with Gasteiger partial charge in [-0.2, -0.15) is 13.2 Å². The fourth-order valence-electron chi connectivity index (χ4n) is 0.695. The number of alkyl halides is 3. The first-order chi connectivity index (χ1) is 5.08. The highest BCUT2D eigenvalue weighted by atomic mass is 19.4. The van der Waals surface area contributed by atoms with E-state index in [2.05, 4.69) is 9.97 Å². The summed E-state index contributed by atoms with van der Waals surface area (Å²) < 4.78 is 34.8. The van der Waals surface area contributed by atoms with E-state index in [1.165, 1.54) is 12.4 Å². The van der Waals surface area contributed by atoms with Gasteiger partial charge >= 0.3 is 6.18 Å². The maximum Gasteiger partial charge on any atom is 0.389 e. The van der Waals surface area contributed by atoms with E-state index in [0.29, 0.717) is 5.82 Å². The van der Waals surface area contributed by atoms with Gasteiger partial charge in [-0.05, 0) is 0 Å². The zero-order chi connectivity index (χ0) is 8.32. The second-order valence-corrected chi connectivity index (χ2v) is 2.15. The van der Waals surface area contributed by atoms with Crippen molar-refractivity contribution in [3.63, 3.8) is 0 Å². The highest BCUT2D eigenvalue weighted by Gasteiger charge is 2.26. The van der Waals surface area contributed by atoms with E-state index in [0.717, 1.165) is 0 Å². The van der Waals surface area contributed by atoms with Crippen molar-refractivity contribution in [2.24, 2.45) is 0 Å². The van der Waals surface area contributed by atoms with Gasteiger partial charge < -0.3 is 4.98 Å². The molecule has 62 valence electrons. The van der Waals surface area contributed by atoms with Crippen LogP contribution < -0.4 is 0 Å². The predicted molar refractivity (Wildman–Crippen MR) is 33.0 cm³/mol. The van der Waals surface area contributed by atoms with Crippen LogP contribution in [0, 0.1) is 0 Å². The quantitative estimate of drug-likeness (QED) is 0.710. The SMILES string of the molecule is FC(F)(F)CCc1ncc[nH]1. The Hall–Kier alpha value is -1.00. The largest absolute Gasteiger partial charge is 0.389 e. The van der Waals surface area contributed by atoms with Crippen LogP contribution in [0.4, 0.5) is 13.2 Å². The molecule has 1 aromatic rings. The first-order valence-electron chi connectivity index (χ1n) is 3.13. The number of hydrogen-bond donors (Lipinski definition) is 1. The number of H-pyrrole nitrogens is 1. The molecule has 0 atom stereocenters. The highest BCUT2D eigenvalue weighted by molar-refractivity contribution is 4.87. The molecule has 0 spiro atoms. The zero-order valence-corrected chi connectivity index (χ0v) is 5.65. The Kier molecular flexibility index (Phi) is 2.16. The molecule has 1 rings (SSSR count). The van der Waals surface area contributed by atoms with Crippen LogP contribution in [0.5, 0.6) is 0 Å². The van der Waals surface area contributed by atoms with Gasteiger partial charge in [-0.25, -0.2) is 4.98 Å². The molecule has 0 aliphatic heterocycles. The van der Waals surface area contributed by atoms with Crippen LogP contribution in [-0.4, -0.2) is 16.1 Å². The van der Waals surface area contributed by atoms with E-state index < -0.39 is 12.6 Å². The number of nitrogens with one attached hydrogen (secondary N) is 1. The lowest BCUT2D eigenvalue weighted by atomic mass is 10.3. The van der Waals surface area contributed by atoms with Gasteiger partial charge in [0.1, 0.15) is 5.82 Å². The van der Waals surface area contributed by atoms with Gasteiger partial charge in [0, 0.05) is 18.8 Å². The molecule has 0 bridgehead atoms. The Labute approximate surface area is 61.5 Å². The molecule has 0 fully saturated rings. The first-order valence-corrected chi connectivity index (χ1v) is 3.13. The van der Waals surface area contributed by atoms with Crippen molar-refractivity contribution >= 4 is 0 Å². The molecule has 1 N–H and O–H groups in total. The number of rotatable bonds is 2. The molecule has 2 nitrogen and oxygen atoms in total. The summed E-state index contributed by atoms with van der Waals surface area (Å²) in [5, 5.41) is 0. The van der Waals surface area contributed by atoms with Crippen molar-refractivity contribution in [3.8, 4) is 0 Å². The highest BCUT2D eigenvalue weighted by Crippen LogP contribution is 2.20. The lowest BCUT2D eigenvalue weighted by Crippen LogP contribution is -2.09. The Morgan fingerprint density at radius 1 is 1.45 bits per heavy atom. The normalized spacial score (nSPS) is 11.9.